The molecular formula is C27H26N2O. The van der Waals surface area contributed by atoms with Crippen LogP contribution in [0.3, 0.4) is 0 Å². The van der Waals surface area contributed by atoms with Gasteiger partial charge >= 0.3 is 0 Å². The molecule has 0 aliphatic heterocycles. The summed E-state index contributed by atoms with van der Waals surface area (Å²) in [5.41, 5.74) is 5.53. The van der Waals surface area contributed by atoms with Crippen molar-refractivity contribution in [3.8, 4) is 0 Å². The van der Waals surface area contributed by atoms with Gasteiger partial charge in [0.25, 0.3) is 0 Å². The molecule has 150 valence electrons. The van der Waals surface area contributed by atoms with Crippen LogP contribution in [-0.4, -0.2) is 21.3 Å². The van der Waals surface area contributed by atoms with Crippen LogP contribution in [0.4, 0.5) is 0 Å². The third kappa shape index (κ3) is 2.98. The fraction of sp³-hybridized carbons (Fsp3) is 0.222. The average molecular weight is 395 g/mol. The molecule has 0 saturated carbocycles. The number of aromatic nitrogens is 2. The van der Waals surface area contributed by atoms with Gasteiger partial charge in [-0.1, -0.05) is 91.0 Å². The third-order valence-corrected chi connectivity index (χ3v) is 6.42. The number of aliphatic hydroxyl groups excluding tert-OH is 1. The van der Waals surface area contributed by atoms with Crippen molar-refractivity contribution in [2.45, 2.75) is 24.8 Å². The molecule has 0 fully saturated rings. The van der Waals surface area contributed by atoms with E-state index in [9.17, 15) is 5.11 Å². The van der Waals surface area contributed by atoms with Crippen molar-refractivity contribution >= 4 is 0 Å². The van der Waals surface area contributed by atoms with Crippen molar-refractivity contribution in [3.63, 3.8) is 0 Å². The molecule has 1 aromatic heterocycles. The van der Waals surface area contributed by atoms with E-state index in [0.29, 0.717) is 5.92 Å². The zero-order valence-electron chi connectivity index (χ0n) is 17.0. The van der Waals surface area contributed by atoms with Crippen molar-refractivity contribution in [1.29, 1.82) is 0 Å². The Hall–Kier alpha value is -3.17. The third-order valence-electron chi connectivity index (χ3n) is 6.42. The number of hydrogen-bond acceptors (Lipinski definition) is 2. The molecule has 0 saturated heterocycles. The SMILES string of the molecule is OCC1CCc2c(ncn2C(c2ccccc2)(c2ccccc2)c2ccccc2)C1. The Morgan fingerprint density at radius 2 is 1.30 bits per heavy atom. The summed E-state index contributed by atoms with van der Waals surface area (Å²) < 4.78 is 2.38. The topological polar surface area (TPSA) is 38.1 Å². The molecule has 30 heavy (non-hydrogen) atoms. The fourth-order valence-corrected chi connectivity index (χ4v) is 4.96. The minimum Gasteiger partial charge on any atom is -0.396 e. The van der Waals surface area contributed by atoms with Gasteiger partial charge in [0.15, 0.2) is 0 Å². The van der Waals surface area contributed by atoms with Crippen molar-refractivity contribution in [3.05, 3.63) is 125 Å². The quantitative estimate of drug-likeness (QED) is 0.493. The van der Waals surface area contributed by atoms with E-state index in [1.54, 1.807) is 0 Å². The van der Waals surface area contributed by atoms with Crippen molar-refractivity contribution < 1.29 is 5.11 Å². The number of aliphatic hydroxyl groups is 1. The lowest BCUT2D eigenvalue weighted by molar-refractivity contribution is 0.211. The van der Waals surface area contributed by atoms with E-state index in [1.165, 1.54) is 22.4 Å². The second-order valence-electron chi connectivity index (χ2n) is 8.11. The standard InChI is InChI=1S/C27H26N2O/c30-19-21-16-17-26-25(18-21)28-20-29(26)27(22-10-4-1-5-11-22,23-12-6-2-7-13-23)24-14-8-3-9-15-24/h1-15,20-21,30H,16-19H2. The van der Waals surface area contributed by atoms with Crippen LogP contribution < -0.4 is 0 Å². The van der Waals surface area contributed by atoms with E-state index in [4.69, 9.17) is 4.98 Å². The van der Waals surface area contributed by atoms with Crippen molar-refractivity contribution in [2.75, 3.05) is 6.61 Å². The Kier molecular flexibility index (Phi) is 4.97. The summed E-state index contributed by atoms with van der Waals surface area (Å²) in [4.78, 5) is 4.85. The van der Waals surface area contributed by atoms with Crippen LogP contribution in [0.5, 0.6) is 0 Å². The molecule has 1 aliphatic carbocycles. The second kappa shape index (κ2) is 7.92. The summed E-state index contributed by atoms with van der Waals surface area (Å²) in [6, 6.07) is 32.2. The minimum absolute atomic E-state index is 0.230. The summed E-state index contributed by atoms with van der Waals surface area (Å²) in [6.07, 6.45) is 4.77. The molecule has 4 aromatic rings. The first-order valence-corrected chi connectivity index (χ1v) is 10.7. The van der Waals surface area contributed by atoms with E-state index >= 15 is 0 Å². The highest BCUT2D eigenvalue weighted by atomic mass is 16.3. The van der Waals surface area contributed by atoms with Crippen LogP contribution in [0.15, 0.2) is 97.3 Å². The van der Waals surface area contributed by atoms with Gasteiger partial charge in [0, 0.05) is 12.3 Å². The van der Waals surface area contributed by atoms with Crippen LogP contribution >= 0.6 is 0 Å². The molecule has 1 heterocycles. The highest BCUT2D eigenvalue weighted by Crippen LogP contribution is 2.43. The van der Waals surface area contributed by atoms with E-state index in [2.05, 4.69) is 95.6 Å². The second-order valence-corrected chi connectivity index (χ2v) is 8.11. The zero-order valence-corrected chi connectivity index (χ0v) is 17.0. The van der Waals surface area contributed by atoms with Gasteiger partial charge in [0.2, 0.25) is 0 Å². The molecule has 0 amide bonds. The van der Waals surface area contributed by atoms with Gasteiger partial charge in [0.1, 0.15) is 5.54 Å². The maximum atomic E-state index is 9.68. The van der Waals surface area contributed by atoms with Crippen molar-refractivity contribution in [2.24, 2.45) is 5.92 Å². The zero-order chi connectivity index (χ0) is 20.4. The lowest BCUT2D eigenvalue weighted by atomic mass is 9.76. The minimum atomic E-state index is -0.504. The first-order valence-electron chi connectivity index (χ1n) is 10.7. The van der Waals surface area contributed by atoms with Crippen LogP contribution in [0.2, 0.25) is 0 Å². The monoisotopic (exact) mass is 394 g/mol. The lowest BCUT2D eigenvalue weighted by Gasteiger charge is -2.39. The summed E-state index contributed by atoms with van der Waals surface area (Å²) in [5, 5.41) is 9.68. The smallest absolute Gasteiger partial charge is 0.121 e. The molecule has 5 rings (SSSR count). The Labute approximate surface area is 177 Å². The first kappa shape index (κ1) is 18.8. The van der Waals surface area contributed by atoms with E-state index < -0.39 is 5.54 Å². The number of fused-ring (bicyclic) bond motifs is 1. The molecule has 0 radical (unpaired) electrons. The molecule has 1 atom stereocenters. The van der Waals surface area contributed by atoms with Gasteiger partial charge < -0.3 is 9.67 Å². The van der Waals surface area contributed by atoms with Gasteiger partial charge in [0.05, 0.1) is 12.0 Å². The van der Waals surface area contributed by atoms with Gasteiger partial charge in [-0.15, -0.1) is 0 Å². The van der Waals surface area contributed by atoms with Crippen molar-refractivity contribution in [1.82, 2.24) is 9.55 Å². The van der Waals surface area contributed by atoms with E-state index in [0.717, 1.165) is 25.0 Å². The lowest BCUT2D eigenvalue weighted by Crippen LogP contribution is -2.39. The van der Waals surface area contributed by atoms with Crippen LogP contribution in [0.1, 0.15) is 34.5 Å². The molecule has 1 unspecified atom stereocenters. The van der Waals surface area contributed by atoms with Crippen LogP contribution in [0, 0.1) is 5.92 Å². The molecule has 3 heteroatoms. The van der Waals surface area contributed by atoms with Gasteiger partial charge in [-0.25, -0.2) is 4.98 Å². The summed E-state index contributed by atoms with van der Waals surface area (Å²) in [6.45, 7) is 0.230. The van der Waals surface area contributed by atoms with E-state index in [-0.39, 0.29) is 6.61 Å². The molecule has 3 aromatic carbocycles. The highest BCUT2D eigenvalue weighted by Gasteiger charge is 2.40. The predicted molar refractivity (Wildman–Crippen MR) is 119 cm³/mol. The summed E-state index contributed by atoms with van der Waals surface area (Å²) >= 11 is 0. The maximum absolute atomic E-state index is 9.68. The fourth-order valence-electron chi connectivity index (χ4n) is 4.96. The summed E-state index contributed by atoms with van der Waals surface area (Å²) in [7, 11) is 0. The van der Waals surface area contributed by atoms with Gasteiger partial charge in [-0.3, -0.25) is 0 Å². The number of hydrogen-bond donors (Lipinski definition) is 1. The molecule has 0 spiro atoms. The molecule has 1 aliphatic rings. The average Bonchev–Trinajstić information content (AvgIpc) is 3.25. The molecule has 1 N–H and O–H groups in total. The number of rotatable bonds is 5. The molecular weight excluding hydrogens is 368 g/mol. The molecule has 3 nitrogen and oxygen atoms in total. The summed E-state index contributed by atoms with van der Waals surface area (Å²) in [5.74, 6) is 0.306. The predicted octanol–water partition coefficient (Wildman–Crippen LogP) is 4.82. The van der Waals surface area contributed by atoms with E-state index in [1.807, 2.05) is 6.33 Å². The Morgan fingerprint density at radius 3 is 1.77 bits per heavy atom. The van der Waals surface area contributed by atoms with Crippen LogP contribution in [-0.2, 0) is 18.4 Å². The molecule has 0 bridgehead atoms. The van der Waals surface area contributed by atoms with Gasteiger partial charge in [-0.2, -0.15) is 0 Å². The highest BCUT2D eigenvalue weighted by molar-refractivity contribution is 5.51. The maximum Gasteiger partial charge on any atom is 0.121 e. The first-order chi connectivity index (χ1) is 14.8. The Balaban J connectivity index is 1.84. The number of benzene rings is 3. The van der Waals surface area contributed by atoms with Crippen LogP contribution in [0.25, 0.3) is 0 Å². The Morgan fingerprint density at radius 1 is 0.800 bits per heavy atom. The normalized spacial score (nSPS) is 16.2. The van der Waals surface area contributed by atoms with Gasteiger partial charge in [-0.05, 0) is 41.9 Å². The Bertz CT molecular complexity index is 1010. The largest absolute Gasteiger partial charge is 0.396 e. The number of nitrogens with zero attached hydrogens (tertiary/aromatic N) is 2. The number of imidazole rings is 1.